The Bertz CT molecular complexity index is 577. The molecule has 0 unspecified atom stereocenters. The smallest absolute Gasteiger partial charge is 0.270 e. The first kappa shape index (κ1) is 14.9. The van der Waals surface area contributed by atoms with Gasteiger partial charge in [0, 0.05) is 26.0 Å². The number of amides is 1. The van der Waals surface area contributed by atoms with Crippen molar-refractivity contribution < 1.29 is 9.53 Å². The van der Waals surface area contributed by atoms with Gasteiger partial charge in [0.25, 0.3) is 5.91 Å². The fraction of sp³-hybridized carbons (Fsp3) is 0.286. The van der Waals surface area contributed by atoms with E-state index in [2.05, 4.69) is 25.6 Å². The van der Waals surface area contributed by atoms with Crippen molar-refractivity contribution in [2.24, 2.45) is 0 Å². The van der Waals surface area contributed by atoms with Crippen LogP contribution < -0.4 is 10.6 Å². The standard InChI is InChI=1S/C14H17N5O2/c1-21-9-8-17-14-16-7-5-12(19-14)13(20)18-10-11-4-2-3-6-15-11/h2-7H,8-10H2,1H3,(H,18,20)(H,16,17,19). The third-order valence-corrected chi connectivity index (χ3v) is 2.63. The molecular weight excluding hydrogens is 270 g/mol. The van der Waals surface area contributed by atoms with Crippen molar-refractivity contribution in [2.45, 2.75) is 6.54 Å². The number of ether oxygens (including phenoxy) is 1. The minimum Gasteiger partial charge on any atom is -0.383 e. The lowest BCUT2D eigenvalue weighted by Crippen LogP contribution is -2.24. The summed E-state index contributed by atoms with van der Waals surface area (Å²) in [7, 11) is 1.62. The number of hydrogen-bond donors (Lipinski definition) is 2. The van der Waals surface area contributed by atoms with E-state index >= 15 is 0 Å². The first-order valence-electron chi connectivity index (χ1n) is 6.53. The van der Waals surface area contributed by atoms with E-state index < -0.39 is 0 Å². The molecule has 110 valence electrons. The van der Waals surface area contributed by atoms with Crippen LogP contribution in [0.5, 0.6) is 0 Å². The summed E-state index contributed by atoms with van der Waals surface area (Å²) in [5.74, 6) is 0.135. The van der Waals surface area contributed by atoms with E-state index in [1.54, 1.807) is 19.4 Å². The van der Waals surface area contributed by atoms with Crippen LogP contribution in [-0.2, 0) is 11.3 Å². The Morgan fingerprint density at radius 2 is 2.14 bits per heavy atom. The van der Waals surface area contributed by atoms with Crippen molar-refractivity contribution in [3.63, 3.8) is 0 Å². The summed E-state index contributed by atoms with van der Waals surface area (Å²) in [4.78, 5) is 24.3. The minimum atomic E-state index is -0.266. The van der Waals surface area contributed by atoms with E-state index in [9.17, 15) is 4.79 Å². The van der Waals surface area contributed by atoms with E-state index in [1.165, 1.54) is 6.20 Å². The first-order valence-corrected chi connectivity index (χ1v) is 6.53. The van der Waals surface area contributed by atoms with Crippen LogP contribution in [0.15, 0.2) is 36.7 Å². The summed E-state index contributed by atoms with van der Waals surface area (Å²) in [5, 5.41) is 5.74. The molecule has 2 aromatic rings. The number of methoxy groups -OCH3 is 1. The number of nitrogens with one attached hydrogen (secondary N) is 2. The van der Waals surface area contributed by atoms with E-state index in [0.29, 0.717) is 31.3 Å². The second-order valence-electron chi connectivity index (χ2n) is 4.19. The minimum absolute atomic E-state index is 0.266. The zero-order valence-corrected chi connectivity index (χ0v) is 11.7. The van der Waals surface area contributed by atoms with Crippen LogP contribution in [0.3, 0.4) is 0 Å². The van der Waals surface area contributed by atoms with Gasteiger partial charge < -0.3 is 15.4 Å². The lowest BCUT2D eigenvalue weighted by Gasteiger charge is -2.06. The van der Waals surface area contributed by atoms with Crippen LogP contribution in [0.2, 0.25) is 0 Å². The number of nitrogens with zero attached hydrogens (tertiary/aromatic N) is 3. The van der Waals surface area contributed by atoms with Crippen LogP contribution in [-0.4, -0.2) is 41.1 Å². The normalized spacial score (nSPS) is 10.1. The Labute approximate surface area is 122 Å². The Hall–Kier alpha value is -2.54. The van der Waals surface area contributed by atoms with E-state index in [1.807, 2.05) is 18.2 Å². The molecule has 0 fully saturated rings. The molecule has 0 bridgehead atoms. The molecule has 0 aliphatic rings. The largest absolute Gasteiger partial charge is 0.383 e. The molecule has 0 atom stereocenters. The van der Waals surface area contributed by atoms with E-state index in [-0.39, 0.29) is 5.91 Å². The lowest BCUT2D eigenvalue weighted by atomic mass is 10.3. The van der Waals surface area contributed by atoms with Crippen LogP contribution in [0.1, 0.15) is 16.2 Å². The van der Waals surface area contributed by atoms with Gasteiger partial charge in [-0.25, -0.2) is 9.97 Å². The van der Waals surface area contributed by atoms with Gasteiger partial charge >= 0.3 is 0 Å². The van der Waals surface area contributed by atoms with Crippen LogP contribution in [0, 0.1) is 0 Å². The van der Waals surface area contributed by atoms with Gasteiger partial charge in [-0.1, -0.05) is 6.07 Å². The highest BCUT2D eigenvalue weighted by Crippen LogP contribution is 2.01. The molecular formula is C14H17N5O2. The highest BCUT2D eigenvalue weighted by molar-refractivity contribution is 5.92. The molecule has 0 aliphatic carbocycles. The molecule has 0 spiro atoms. The van der Waals surface area contributed by atoms with Gasteiger partial charge in [-0.2, -0.15) is 0 Å². The molecule has 2 heterocycles. The summed E-state index contributed by atoms with van der Waals surface area (Å²) in [6.07, 6.45) is 3.22. The number of aromatic nitrogens is 3. The predicted octanol–water partition coefficient (Wildman–Crippen LogP) is 0.860. The number of rotatable bonds is 7. The van der Waals surface area contributed by atoms with Crippen molar-refractivity contribution in [1.29, 1.82) is 0 Å². The van der Waals surface area contributed by atoms with Crippen molar-refractivity contribution in [2.75, 3.05) is 25.6 Å². The van der Waals surface area contributed by atoms with Crippen LogP contribution in [0.4, 0.5) is 5.95 Å². The molecule has 21 heavy (non-hydrogen) atoms. The number of anilines is 1. The zero-order chi connectivity index (χ0) is 14.9. The summed E-state index contributed by atoms with van der Waals surface area (Å²) >= 11 is 0. The Balaban J connectivity index is 1.91. The highest BCUT2D eigenvalue weighted by Gasteiger charge is 2.08. The zero-order valence-electron chi connectivity index (χ0n) is 11.7. The Morgan fingerprint density at radius 1 is 1.24 bits per heavy atom. The topological polar surface area (TPSA) is 89.0 Å². The maximum atomic E-state index is 12.0. The van der Waals surface area contributed by atoms with Gasteiger partial charge in [-0.05, 0) is 18.2 Å². The van der Waals surface area contributed by atoms with E-state index in [4.69, 9.17) is 4.74 Å². The van der Waals surface area contributed by atoms with Gasteiger partial charge in [-0.15, -0.1) is 0 Å². The third kappa shape index (κ3) is 4.81. The summed E-state index contributed by atoms with van der Waals surface area (Å²) < 4.78 is 4.92. The van der Waals surface area contributed by atoms with Crippen LogP contribution >= 0.6 is 0 Å². The molecule has 0 aromatic carbocycles. The SMILES string of the molecule is COCCNc1nccc(C(=O)NCc2ccccn2)n1. The maximum Gasteiger partial charge on any atom is 0.270 e. The predicted molar refractivity (Wildman–Crippen MR) is 77.8 cm³/mol. The highest BCUT2D eigenvalue weighted by atomic mass is 16.5. The van der Waals surface area contributed by atoms with Gasteiger partial charge in [0.1, 0.15) is 5.69 Å². The molecule has 7 heteroatoms. The molecule has 0 aliphatic heterocycles. The molecule has 2 aromatic heterocycles. The number of carbonyl (C=O) groups is 1. The molecule has 0 saturated carbocycles. The molecule has 7 nitrogen and oxygen atoms in total. The third-order valence-electron chi connectivity index (χ3n) is 2.63. The van der Waals surface area contributed by atoms with Gasteiger partial charge in [0.05, 0.1) is 18.8 Å². The number of carbonyl (C=O) groups excluding carboxylic acids is 1. The Morgan fingerprint density at radius 3 is 2.90 bits per heavy atom. The number of pyridine rings is 1. The summed E-state index contributed by atoms with van der Waals surface area (Å²) in [6, 6.07) is 7.11. The summed E-state index contributed by atoms with van der Waals surface area (Å²) in [5.41, 5.74) is 1.10. The summed E-state index contributed by atoms with van der Waals surface area (Å²) in [6.45, 7) is 1.48. The van der Waals surface area contributed by atoms with Crippen molar-refractivity contribution >= 4 is 11.9 Å². The second kappa shape index (κ2) is 7.91. The monoisotopic (exact) mass is 287 g/mol. The fourth-order valence-corrected chi connectivity index (χ4v) is 1.60. The van der Waals surface area contributed by atoms with Crippen LogP contribution in [0.25, 0.3) is 0 Å². The van der Waals surface area contributed by atoms with Gasteiger partial charge in [0.15, 0.2) is 0 Å². The average molecular weight is 287 g/mol. The second-order valence-corrected chi connectivity index (χ2v) is 4.19. The van der Waals surface area contributed by atoms with Gasteiger partial charge in [0.2, 0.25) is 5.95 Å². The lowest BCUT2D eigenvalue weighted by molar-refractivity contribution is 0.0945. The maximum absolute atomic E-state index is 12.0. The van der Waals surface area contributed by atoms with Crippen molar-refractivity contribution in [3.8, 4) is 0 Å². The molecule has 1 amide bonds. The molecule has 2 rings (SSSR count). The van der Waals surface area contributed by atoms with Gasteiger partial charge in [-0.3, -0.25) is 9.78 Å². The molecule has 0 radical (unpaired) electrons. The average Bonchev–Trinajstić information content (AvgIpc) is 2.54. The fourth-order valence-electron chi connectivity index (χ4n) is 1.60. The quantitative estimate of drug-likeness (QED) is 0.734. The Kier molecular flexibility index (Phi) is 5.60. The molecule has 0 saturated heterocycles. The van der Waals surface area contributed by atoms with Crippen molar-refractivity contribution in [3.05, 3.63) is 48.0 Å². The number of hydrogen-bond acceptors (Lipinski definition) is 6. The first-order chi connectivity index (χ1) is 10.3. The molecule has 2 N–H and O–H groups in total. The van der Waals surface area contributed by atoms with Crippen molar-refractivity contribution in [1.82, 2.24) is 20.3 Å². The van der Waals surface area contributed by atoms with E-state index in [0.717, 1.165) is 5.69 Å².